The van der Waals surface area contributed by atoms with Crippen molar-refractivity contribution < 1.29 is 9.90 Å². The molecule has 0 aromatic heterocycles. The number of anilines is 1. The second-order valence-corrected chi connectivity index (χ2v) is 5.55. The van der Waals surface area contributed by atoms with E-state index in [1.54, 1.807) is 6.92 Å². The maximum absolute atomic E-state index is 11.9. The normalized spacial score (nSPS) is 14.2. The van der Waals surface area contributed by atoms with Crippen molar-refractivity contribution >= 4 is 34.2 Å². The fraction of sp³-hybridized carbons (Fsp3) is 0.462. The molecule has 1 rings (SSSR count). The number of halogens is 1. The highest BCUT2D eigenvalue weighted by Gasteiger charge is 2.29. The Kier molecular flexibility index (Phi) is 4.94. The summed E-state index contributed by atoms with van der Waals surface area (Å²) >= 11 is 2.22. The zero-order valence-corrected chi connectivity index (χ0v) is 12.5. The van der Waals surface area contributed by atoms with Gasteiger partial charge in [0.25, 0.3) is 5.91 Å². The first-order chi connectivity index (χ1) is 7.88. The van der Waals surface area contributed by atoms with Crippen molar-refractivity contribution in [2.45, 2.75) is 39.2 Å². The van der Waals surface area contributed by atoms with Crippen LogP contribution in [0, 0.1) is 10.5 Å². The van der Waals surface area contributed by atoms with Crippen LogP contribution < -0.4 is 5.32 Å². The van der Waals surface area contributed by atoms with Gasteiger partial charge in [-0.1, -0.05) is 19.4 Å². The molecule has 0 aliphatic rings. The first kappa shape index (κ1) is 14.4. The van der Waals surface area contributed by atoms with Crippen molar-refractivity contribution in [2.24, 2.45) is 0 Å². The molecule has 17 heavy (non-hydrogen) atoms. The van der Waals surface area contributed by atoms with E-state index in [2.05, 4.69) is 27.9 Å². The van der Waals surface area contributed by atoms with Gasteiger partial charge in [-0.15, -0.1) is 0 Å². The van der Waals surface area contributed by atoms with Crippen molar-refractivity contribution in [3.63, 3.8) is 0 Å². The summed E-state index contributed by atoms with van der Waals surface area (Å²) in [6.45, 7) is 5.44. The quantitative estimate of drug-likeness (QED) is 0.823. The molecule has 3 nitrogen and oxygen atoms in total. The summed E-state index contributed by atoms with van der Waals surface area (Å²) in [6.07, 6.45) is 1.23. The van der Waals surface area contributed by atoms with Gasteiger partial charge in [-0.3, -0.25) is 4.79 Å². The van der Waals surface area contributed by atoms with Crippen LogP contribution in [-0.4, -0.2) is 16.6 Å². The Balaban J connectivity index is 2.85. The fourth-order valence-electron chi connectivity index (χ4n) is 1.60. The van der Waals surface area contributed by atoms with E-state index in [-0.39, 0.29) is 5.91 Å². The van der Waals surface area contributed by atoms with E-state index in [0.717, 1.165) is 21.2 Å². The first-order valence-corrected chi connectivity index (χ1v) is 6.75. The Morgan fingerprint density at radius 1 is 1.53 bits per heavy atom. The second kappa shape index (κ2) is 5.82. The summed E-state index contributed by atoms with van der Waals surface area (Å²) in [4.78, 5) is 11.9. The van der Waals surface area contributed by atoms with E-state index >= 15 is 0 Å². The first-order valence-electron chi connectivity index (χ1n) is 5.67. The minimum atomic E-state index is -1.30. The molecule has 0 radical (unpaired) electrons. The number of benzene rings is 1. The van der Waals surface area contributed by atoms with Gasteiger partial charge in [0.15, 0.2) is 0 Å². The molecule has 2 N–H and O–H groups in total. The summed E-state index contributed by atoms with van der Waals surface area (Å²) in [5, 5.41) is 12.8. The Morgan fingerprint density at radius 2 is 2.18 bits per heavy atom. The third-order valence-corrected chi connectivity index (χ3v) is 3.91. The fourth-order valence-corrected chi connectivity index (χ4v) is 2.10. The number of rotatable bonds is 4. The molecule has 0 fully saturated rings. The molecule has 0 aliphatic heterocycles. The van der Waals surface area contributed by atoms with E-state index in [1.807, 2.05) is 32.0 Å². The molecule has 0 bridgehead atoms. The number of amides is 1. The van der Waals surface area contributed by atoms with Crippen LogP contribution in [0.5, 0.6) is 0 Å². The number of aliphatic hydroxyl groups is 1. The molecule has 1 atom stereocenters. The maximum Gasteiger partial charge on any atom is 0.256 e. The minimum absolute atomic E-state index is 0.343. The molecule has 1 unspecified atom stereocenters. The van der Waals surface area contributed by atoms with Crippen molar-refractivity contribution in [1.29, 1.82) is 0 Å². The molecule has 0 saturated carbocycles. The van der Waals surface area contributed by atoms with E-state index < -0.39 is 5.60 Å². The van der Waals surface area contributed by atoms with Crippen LogP contribution >= 0.6 is 22.6 Å². The third kappa shape index (κ3) is 3.67. The zero-order chi connectivity index (χ0) is 13.1. The third-order valence-electron chi connectivity index (χ3n) is 2.74. The lowest BCUT2D eigenvalue weighted by atomic mass is 9.99. The highest BCUT2D eigenvalue weighted by molar-refractivity contribution is 14.1. The smallest absolute Gasteiger partial charge is 0.256 e. The van der Waals surface area contributed by atoms with E-state index in [1.165, 1.54) is 0 Å². The van der Waals surface area contributed by atoms with Gasteiger partial charge in [0.05, 0.1) is 0 Å². The van der Waals surface area contributed by atoms with Crippen molar-refractivity contribution in [2.75, 3.05) is 5.32 Å². The molecule has 0 aliphatic carbocycles. The van der Waals surface area contributed by atoms with E-state index in [0.29, 0.717) is 6.42 Å². The number of carbonyl (C=O) groups excluding carboxylic acids is 1. The van der Waals surface area contributed by atoms with E-state index in [4.69, 9.17) is 0 Å². The average Bonchev–Trinajstić information content (AvgIpc) is 2.24. The van der Waals surface area contributed by atoms with Gasteiger partial charge in [0.1, 0.15) is 5.60 Å². The van der Waals surface area contributed by atoms with Crippen LogP contribution in [0.15, 0.2) is 18.2 Å². The summed E-state index contributed by atoms with van der Waals surface area (Å²) in [7, 11) is 0. The highest BCUT2D eigenvalue weighted by Crippen LogP contribution is 2.22. The van der Waals surface area contributed by atoms with E-state index in [9.17, 15) is 9.90 Å². The SMILES string of the molecule is CCCC(C)(O)C(=O)Nc1cccc(I)c1C. The van der Waals surface area contributed by atoms with Gasteiger partial charge >= 0.3 is 0 Å². The van der Waals surface area contributed by atoms with Crippen molar-refractivity contribution in [3.05, 3.63) is 27.3 Å². The molecule has 0 saturated heterocycles. The Morgan fingerprint density at radius 3 is 2.76 bits per heavy atom. The predicted molar refractivity (Wildman–Crippen MR) is 78.1 cm³/mol. The van der Waals surface area contributed by atoms with Gasteiger partial charge < -0.3 is 10.4 Å². The van der Waals surface area contributed by atoms with Crippen LogP contribution in [0.3, 0.4) is 0 Å². The standard InChI is InChI=1S/C13H18INO2/c1-4-8-13(3,17)12(16)15-11-7-5-6-10(14)9(11)2/h5-7,17H,4,8H2,1-3H3,(H,15,16). The largest absolute Gasteiger partial charge is 0.380 e. The predicted octanol–water partition coefficient (Wildman–Crippen LogP) is 3.09. The highest BCUT2D eigenvalue weighted by atomic mass is 127. The minimum Gasteiger partial charge on any atom is -0.380 e. The van der Waals surface area contributed by atoms with Gasteiger partial charge in [-0.2, -0.15) is 0 Å². The lowest BCUT2D eigenvalue weighted by Crippen LogP contribution is -2.39. The summed E-state index contributed by atoms with van der Waals surface area (Å²) in [5.74, 6) is -0.343. The number of hydrogen-bond acceptors (Lipinski definition) is 2. The zero-order valence-electron chi connectivity index (χ0n) is 10.4. The Bertz CT molecular complexity index is 416. The summed E-state index contributed by atoms with van der Waals surface area (Å²) in [5.41, 5.74) is 0.481. The average molecular weight is 347 g/mol. The second-order valence-electron chi connectivity index (χ2n) is 4.39. The van der Waals surface area contributed by atoms with Crippen LogP contribution in [0.4, 0.5) is 5.69 Å². The molecular weight excluding hydrogens is 329 g/mol. The number of nitrogens with one attached hydrogen (secondary N) is 1. The molecule has 0 heterocycles. The molecule has 1 amide bonds. The molecule has 94 valence electrons. The Hall–Kier alpha value is -0.620. The molecular formula is C13H18INO2. The molecule has 0 spiro atoms. The van der Waals surface area contributed by atoms with Gasteiger partial charge in [-0.25, -0.2) is 0 Å². The monoisotopic (exact) mass is 347 g/mol. The number of carbonyl (C=O) groups is 1. The van der Waals surface area contributed by atoms with Crippen LogP contribution in [0.25, 0.3) is 0 Å². The maximum atomic E-state index is 11.9. The lowest BCUT2D eigenvalue weighted by Gasteiger charge is -2.22. The van der Waals surface area contributed by atoms with Crippen LogP contribution in [0.2, 0.25) is 0 Å². The van der Waals surface area contributed by atoms with Gasteiger partial charge in [0, 0.05) is 9.26 Å². The van der Waals surface area contributed by atoms with Crippen LogP contribution in [0.1, 0.15) is 32.3 Å². The van der Waals surface area contributed by atoms with Gasteiger partial charge in [0.2, 0.25) is 0 Å². The molecule has 1 aromatic carbocycles. The summed E-state index contributed by atoms with van der Waals surface area (Å²) in [6, 6.07) is 5.71. The topological polar surface area (TPSA) is 49.3 Å². The summed E-state index contributed by atoms with van der Waals surface area (Å²) < 4.78 is 1.09. The van der Waals surface area contributed by atoms with Gasteiger partial charge in [-0.05, 0) is 60.6 Å². The van der Waals surface area contributed by atoms with Crippen LogP contribution in [-0.2, 0) is 4.79 Å². The lowest BCUT2D eigenvalue weighted by molar-refractivity contribution is -0.133. The number of hydrogen-bond donors (Lipinski definition) is 2. The van der Waals surface area contributed by atoms with Crippen molar-refractivity contribution in [3.8, 4) is 0 Å². The Labute approximate surface area is 116 Å². The molecule has 4 heteroatoms. The molecule has 1 aromatic rings. The van der Waals surface area contributed by atoms with Crippen molar-refractivity contribution in [1.82, 2.24) is 0 Å².